The summed E-state index contributed by atoms with van der Waals surface area (Å²) in [6, 6.07) is 3.50. The Balaban J connectivity index is 2.43. The molecule has 1 heterocycles. The van der Waals surface area contributed by atoms with E-state index < -0.39 is 11.7 Å². The molecule has 0 unspecified atom stereocenters. The lowest BCUT2D eigenvalue weighted by molar-refractivity contribution is -0.120. The van der Waals surface area contributed by atoms with E-state index in [9.17, 15) is 14.4 Å². The summed E-state index contributed by atoms with van der Waals surface area (Å²) in [5.41, 5.74) is 2.92. The second-order valence-corrected chi connectivity index (χ2v) is 4.91. The zero-order valence-electron chi connectivity index (χ0n) is 11.4. The zero-order chi connectivity index (χ0) is 14.2. The highest BCUT2D eigenvalue weighted by Gasteiger charge is 2.37. The second kappa shape index (κ2) is 4.96. The van der Waals surface area contributed by atoms with Gasteiger partial charge in [0.2, 0.25) is 0 Å². The maximum atomic E-state index is 12.0. The van der Waals surface area contributed by atoms with Crippen molar-refractivity contribution < 1.29 is 14.4 Å². The summed E-state index contributed by atoms with van der Waals surface area (Å²) in [6.07, 6.45) is 1.17. The van der Waals surface area contributed by atoms with Gasteiger partial charge in [-0.25, -0.2) is 0 Å². The molecule has 0 bridgehead atoms. The molecule has 1 amide bonds. The van der Waals surface area contributed by atoms with E-state index in [2.05, 4.69) is 0 Å². The van der Waals surface area contributed by atoms with Crippen LogP contribution >= 0.6 is 0 Å². The number of carbonyl (C=O) groups is 3. The number of benzene rings is 1. The lowest BCUT2D eigenvalue weighted by Gasteiger charge is -2.18. The molecule has 1 aliphatic rings. The normalized spacial score (nSPS) is 13.9. The van der Waals surface area contributed by atoms with Crippen LogP contribution in [-0.2, 0) is 9.59 Å². The van der Waals surface area contributed by atoms with Crippen molar-refractivity contribution in [1.82, 2.24) is 0 Å². The van der Waals surface area contributed by atoms with Gasteiger partial charge in [0.1, 0.15) is 0 Å². The molecule has 4 nitrogen and oxygen atoms in total. The molecule has 2 rings (SSSR count). The van der Waals surface area contributed by atoms with E-state index in [0.29, 0.717) is 17.7 Å². The molecular formula is C15H17NO3. The first kappa shape index (κ1) is 13.5. The molecule has 4 heteroatoms. The standard InChI is InChI=1S/C15H17NO3/c1-4-5-11(17)8-16-13-10(3)9(2)6-7-12(13)14(18)15(16)19/h6-7H,4-5,8H2,1-3H3. The summed E-state index contributed by atoms with van der Waals surface area (Å²) in [5.74, 6) is -1.12. The average molecular weight is 259 g/mol. The van der Waals surface area contributed by atoms with Gasteiger partial charge in [-0.05, 0) is 37.5 Å². The van der Waals surface area contributed by atoms with Gasteiger partial charge >= 0.3 is 0 Å². The molecule has 1 aromatic carbocycles. The summed E-state index contributed by atoms with van der Waals surface area (Å²) in [5, 5.41) is 0. The highest BCUT2D eigenvalue weighted by molar-refractivity contribution is 6.52. The Morgan fingerprint density at radius 1 is 1.21 bits per heavy atom. The molecule has 0 aromatic heterocycles. The van der Waals surface area contributed by atoms with Crippen LogP contribution in [0.15, 0.2) is 12.1 Å². The van der Waals surface area contributed by atoms with Crippen molar-refractivity contribution in [2.24, 2.45) is 0 Å². The monoisotopic (exact) mass is 259 g/mol. The number of nitrogens with zero attached hydrogens (tertiary/aromatic N) is 1. The van der Waals surface area contributed by atoms with Crippen LogP contribution in [-0.4, -0.2) is 24.0 Å². The first-order valence-electron chi connectivity index (χ1n) is 6.45. The molecule has 0 saturated carbocycles. The smallest absolute Gasteiger partial charge is 0.298 e. The highest BCUT2D eigenvalue weighted by Crippen LogP contribution is 2.33. The number of hydrogen-bond donors (Lipinski definition) is 0. The van der Waals surface area contributed by atoms with Gasteiger partial charge in [0.05, 0.1) is 17.8 Å². The average Bonchev–Trinajstić information content (AvgIpc) is 2.60. The van der Waals surface area contributed by atoms with E-state index in [4.69, 9.17) is 0 Å². The summed E-state index contributed by atoms with van der Waals surface area (Å²) in [6.45, 7) is 5.71. The van der Waals surface area contributed by atoms with Crippen molar-refractivity contribution in [2.45, 2.75) is 33.6 Å². The van der Waals surface area contributed by atoms with Crippen molar-refractivity contribution in [3.63, 3.8) is 0 Å². The van der Waals surface area contributed by atoms with Crippen molar-refractivity contribution in [3.8, 4) is 0 Å². The number of carbonyl (C=O) groups excluding carboxylic acids is 3. The Morgan fingerprint density at radius 3 is 2.53 bits per heavy atom. The Kier molecular flexibility index (Phi) is 3.51. The SMILES string of the molecule is CCCC(=O)CN1C(=O)C(=O)c2ccc(C)c(C)c21. The minimum atomic E-state index is -0.590. The van der Waals surface area contributed by atoms with Crippen LogP contribution < -0.4 is 4.90 Å². The molecule has 19 heavy (non-hydrogen) atoms. The van der Waals surface area contributed by atoms with Crippen molar-refractivity contribution in [3.05, 3.63) is 28.8 Å². The number of rotatable bonds is 4. The van der Waals surface area contributed by atoms with Gasteiger partial charge in [0.15, 0.2) is 5.78 Å². The molecule has 0 spiro atoms. The Hall–Kier alpha value is -1.97. The Labute approximate surface area is 112 Å². The summed E-state index contributed by atoms with van der Waals surface area (Å²) < 4.78 is 0. The largest absolute Gasteiger partial charge is 0.299 e. The Bertz CT molecular complexity index is 575. The first-order valence-corrected chi connectivity index (χ1v) is 6.45. The van der Waals surface area contributed by atoms with Gasteiger partial charge in [-0.2, -0.15) is 0 Å². The third-order valence-electron chi connectivity index (χ3n) is 3.52. The van der Waals surface area contributed by atoms with Crippen molar-refractivity contribution in [1.29, 1.82) is 0 Å². The molecule has 0 N–H and O–H groups in total. The molecule has 0 atom stereocenters. The van der Waals surface area contributed by atoms with Crippen LogP contribution in [0.5, 0.6) is 0 Å². The van der Waals surface area contributed by atoms with Crippen LogP contribution in [0.3, 0.4) is 0 Å². The minimum absolute atomic E-state index is 0.00426. The van der Waals surface area contributed by atoms with E-state index in [1.807, 2.05) is 26.8 Å². The number of Topliss-reactive ketones (excluding diaryl/α,β-unsaturated/α-hetero) is 2. The fourth-order valence-corrected chi connectivity index (χ4v) is 2.36. The molecule has 0 aliphatic carbocycles. The van der Waals surface area contributed by atoms with E-state index in [0.717, 1.165) is 17.5 Å². The quantitative estimate of drug-likeness (QED) is 0.779. The fourth-order valence-electron chi connectivity index (χ4n) is 2.36. The molecule has 0 saturated heterocycles. The minimum Gasteiger partial charge on any atom is -0.298 e. The number of hydrogen-bond acceptors (Lipinski definition) is 3. The first-order chi connectivity index (χ1) is 8.97. The topological polar surface area (TPSA) is 54.5 Å². The third kappa shape index (κ3) is 2.18. The van der Waals surface area contributed by atoms with Crippen molar-refractivity contribution in [2.75, 3.05) is 11.4 Å². The molecule has 1 aromatic rings. The fraction of sp³-hybridized carbons (Fsp3) is 0.400. The van der Waals surface area contributed by atoms with E-state index >= 15 is 0 Å². The summed E-state index contributed by atoms with van der Waals surface area (Å²) in [7, 11) is 0. The van der Waals surface area contributed by atoms with Gasteiger partial charge in [0, 0.05) is 6.42 Å². The molecule has 0 fully saturated rings. The van der Waals surface area contributed by atoms with Crippen LogP contribution in [0.4, 0.5) is 5.69 Å². The van der Waals surface area contributed by atoms with Gasteiger partial charge in [-0.15, -0.1) is 0 Å². The number of ketones is 2. The van der Waals surface area contributed by atoms with Crippen LogP contribution in [0, 0.1) is 13.8 Å². The maximum absolute atomic E-state index is 12.0. The van der Waals surface area contributed by atoms with Crippen LogP contribution in [0.25, 0.3) is 0 Å². The number of aryl methyl sites for hydroxylation is 1. The molecule has 100 valence electrons. The number of anilines is 1. The zero-order valence-corrected chi connectivity index (χ0v) is 11.4. The van der Waals surface area contributed by atoms with Crippen molar-refractivity contribution >= 4 is 23.2 Å². The van der Waals surface area contributed by atoms with Crippen LogP contribution in [0.1, 0.15) is 41.3 Å². The lowest BCUT2D eigenvalue weighted by Crippen LogP contribution is -2.34. The summed E-state index contributed by atoms with van der Waals surface area (Å²) in [4.78, 5) is 37.0. The highest BCUT2D eigenvalue weighted by atomic mass is 16.2. The van der Waals surface area contributed by atoms with Gasteiger partial charge in [0.25, 0.3) is 11.7 Å². The van der Waals surface area contributed by atoms with E-state index in [1.165, 1.54) is 4.90 Å². The molecule has 0 radical (unpaired) electrons. The van der Waals surface area contributed by atoms with E-state index in [-0.39, 0.29) is 12.3 Å². The van der Waals surface area contributed by atoms with Gasteiger partial charge in [-0.1, -0.05) is 13.0 Å². The predicted molar refractivity (Wildman–Crippen MR) is 72.5 cm³/mol. The molecular weight excluding hydrogens is 242 g/mol. The second-order valence-electron chi connectivity index (χ2n) is 4.91. The number of amides is 1. The predicted octanol–water partition coefficient (Wildman–Crippen LogP) is 2.20. The Morgan fingerprint density at radius 2 is 1.89 bits per heavy atom. The summed E-state index contributed by atoms with van der Waals surface area (Å²) >= 11 is 0. The van der Waals surface area contributed by atoms with Crippen LogP contribution in [0.2, 0.25) is 0 Å². The molecule has 1 aliphatic heterocycles. The van der Waals surface area contributed by atoms with Gasteiger partial charge < -0.3 is 0 Å². The maximum Gasteiger partial charge on any atom is 0.299 e. The lowest BCUT2D eigenvalue weighted by atomic mass is 10.0. The number of fused-ring (bicyclic) bond motifs is 1. The third-order valence-corrected chi connectivity index (χ3v) is 3.52. The van der Waals surface area contributed by atoms with E-state index in [1.54, 1.807) is 6.07 Å². The van der Waals surface area contributed by atoms with Gasteiger partial charge in [-0.3, -0.25) is 19.3 Å².